The van der Waals surface area contributed by atoms with Crippen molar-refractivity contribution in [2.45, 2.75) is 32.6 Å². The van der Waals surface area contributed by atoms with Gasteiger partial charge >= 0.3 is 0 Å². The summed E-state index contributed by atoms with van der Waals surface area (Å²) in [5.41, 5.74) is 5.57. The number of nitrogens with two attached hydrogens (primary N) is 1. The van der Waals surface area contributed by atoms with Crippen LogP contribution >= 0.6 is 11.5 Å². The number of hydrogen-bond acceptors (Lipinski definition) is 4. The first-order chi connectivity index (χ1) is 7.24. The summed E-state index contributed by atoms with van der Waals surface area (Å²) < 4.78 is 4.05. The van der Waals surface area contributed by atoms with E-state index in [9.17, 15) is 0 Å². The van der Waals surface area contributed by atoms with Gasteiger partial charge in [-0.25, -0.2) is 0 Å². The second kappa shape index (κ2) is 4.84. The number of hydrogen-bond donors (Lipinski definition) is 2. The van der Waals surface area contributed by atoms with Gasteiger partial charge in [0, 0.05) is 12.6 Å². The fraction of sp³-hybridized carbons (Fsp3) is 0.727. The highest BCUT2D eigenvalue weighted by Gasteiger charge is 2.18. The lowest BCUT2D eigenvalue weighted by Gasteiger charge is -2.26. The normalized spacial score (nSPS) is 26.5. The van der Waals surface area contributed by atoms with E-state index in [-0.39, 0.29) is 0 Å². The van der Waals surface area contributed by atoms with Crippen LogP contribution in [0.2, 0.25) is 0 Å². The molecule has 0 spiro atoms. The molecule has 2 atom stereocenters. The molecule has 0 amide bonds. The van der Waals surface area contributed by atoms with E-state index in [4.69, 9.17) is 5.73 Å². The third kappa shape index (κ3) is 3.09. The number of rotatable bonds is 3. The molecule has 4 heteroatoms. The van der Waals surface area contributed by atoms with Crippen molar-refractivity contribution < 1.29 is 0 Å². The van der Waals surface area contributed by atoms with Crippen molar-refractivity contribution in [3.63, 3.8) is 0 Å². The van der Waals surface area contributed by atoms with Crippen molar-refractivity contribution in [2.24, 2.45) is 11.8 Å². The Hall–Kier alpha value is -0.770. The second-order valence-corrected chi connectivity index (χ2v) is 5.44. The molecule has 3 nitrogen and oxygen atoms in total. The molecule has 1 aliphatic carbocycles. The maximum atomic E-state index is 5.57. The van der Waals surface area contributed by atoms with Crippen molar-refractivity contribution in [3.8, 4) is 0 Å². The summed E-state index contributed by atoms with van der Waals surface area (Å²) in [6, 6.07) is 1.91. The minimum Gasteiger partial charge on any atom is -0.383 e. The third-order valence-electron chi connectivity index (χ3n) is 3.14. The van der Waals surface area contributed by atoms with Crippen LogP contribution in [-0.4, -0.2) is 10.9 Å². The molecule has 15 heavy (non-hydrogen) atoms. The molecular formula is C11H19N3S. The van der Waals surface area contributed by atoms with Crippen LogP contribution in [0.1, 0.15) is 32.6 Å². The van der Waals surface area contributed by atoms with Gasteiger partial charge in [0.25, 0.3) is 0 Å². The standard InChI is InChI=1S/C11H19N3S/c1-8-3-2-4-9(5-8)7-13-11-6-10(12)14-15-11/h6,8-9,13H,2-5,7H2,1H3,(H2,12,14). The summed E-state index contributed by atoms with van der Waals surface area (Å²) in [6.45, 7) is 3.43. The second-order valence-electron chi connectivity index (χ2n) is 4.63. The van der Waals surface area contributed by atoms with Crippen LogP contribution in [0.25, 0.3) is 0 Å². The highest BCUT2D eigenvalue weighted by atomic mass is 32.1. The van der Waals surface area contributed by atoms with Crippen molar-refractivity contribution in [2.75, 3.05) is 17.6 Å². The first kappa shape index (κ1) is 10.7. The first-order valence-electron chi connectivity index (χ1n) is 5.70. The lowest BCUT2D eigenvalue weighted by atomic mass is 9.82. The largest absolute Gasteiger partial charge is 0.383 e. The lowest BCUT2D eigenvalue weighted by Crippen LogP contribution is -2.20. The zero-order valence-corrected chi connectivity index (χ0v) is 10.0. The van der Waals surface area contributed by atoms with E-state index in [2.05, 4.69) is 16.6 Å². The van der Waals surface area contributed by atoms with E-state index in [0.717, 1.165) is 23.4 Å². The van der Waals surface area contributed by atoms with Crippen LogP contribution in [0.5, 0.6) is 0 Å². The van der Waals surface area contributed by atoms with Gasteiger partial charge in [0.05, 0.1) is 0 Å². The Balaban J connectivity index is 1.77. The van der Waals surface area contributed by atoms with Crippen LogP contribution in [0.15, 0.2) is 6.07 Å². The van der Waals surface area contributed by atoms with Crippen molar-refractivity contribution in [1.29, 1.82) is 0 Å². The average molecular weight is 225 g/mol. The average Bonchev–Trinajstić information content (AvgIpc) is 2.62. The maximum Gasteiger partial charge on any atom is 0.139 e. The summed E-state index contributed by atoms with van der Waals surface area (Å²) in [5.74, 6) is 2.36. The molecule has 0 aromatic carbocycles. The summed E-state index contributed by atoms with van der Waals surface area (Å²) >= 11 is 1.45. The Bertz CT molecular complexity index is 311. The van der Waals surface area contributed by atoms with Gasteiger partial charge in [-0.05, 0) is 36.2 Å². The molecule has 2 rings (SSSR count). The summed E-state index contributed by atoms with van der Waals surface area (Å²) in [6.07, 6.45) is 5.52. The summed E-state index contributed by atoms with van der Waals surface area (Å²) in [7, 11) is 0. The fourth-order valence-electron chi connectivity index (χ4n) is 2.36. The first-order valence-corrected chi connectivity index (χ1v) is 6.47. The molecule has 3 N–H and O–H groups in total. The molecule has 1 aliphatic rings. The number of aromatic nitrogens is 1. The van der Waals surface area contributed by atoms with Crippen LogP contribution in [0, 0.1) is 11.8 Å². The molecule has 1 heterocycles. The van der Waals surface area contributed by atoms with Gasteiger partial charge in [0.2, 0.25) is 0 Å². The van der Waals surface area contributed by atoms with Gasteiger partial charge in [0.1, 0.15) is 10.8 Å². The van der Waals surface area contributed by atoms with E-state index < -0.39 is 0 Å². The molecule has 1 aromatic rings. The molecule has 1 fully saturated rings. The van der Waals surface area contributed by atoms with E-state index in [1.165, 1.54) is 37.2 Å². The molecule has 1 saturated carbocycles. The third-order valence-corrected chi connectivity index (χ3v) is 3.90. The number of nitrogen functional groups attached to an aromatic ring is 1. The number of anilines is 2. The smallest absolute Gasteiger partial charge is 0.139 e. The van der Waals surface area contributed by atoms with Gasteiger partial charge < -0.3 is 11.1 Å². The van der Waals surface area contributed by atoms with Crippen molar-refractivity contribution in [3.05, 3.63) is 6.07 Å². The quantitative estimate of drug-likeness (QED) is 0.831. The molecule has 1 aromatic heterocycles. The number of nitrogens with one attached hydrogen (secondary N) is 1. The topological polar surface area (TPSA) is 50.9 Å². The minimum absolute atomic E-state index is 0.625. The molecule has 0 radical (unpaired) electrons. The molecular weight excluding hydrogens is 206 g/mol. The Morgan fingerprint density at radius 3 is 3.13 bits per heavy atom. The minimum atomic E-state index is 0.625. The van der Waals surface area contributed by atoms with Gasteiger partial charge in [-0.2, -0.15) is 4.37 Å². The monoisotopic (exact) mass is 225 g/mol. The maximum absolute atomic E-state index is 5.57. The van der Waals surface area contributed by atoms with E-state index >= 15 is 0 Å². The predicted molar refractivity (Wildman–Crippen MR) is 66.1 cm³/mol. The molecule has 0 bridgehead atoms. The van der Waals surface area contributed by atoms with Gasteiger partial charge in [-0.3, -0.25) is 0 Å². The Kier molecular flexibility index (Phi) is 3.46. The predicted octanol–water partition coefficient (Wildman–Crippen LogP) is 2.96. The van der Waals surface area contributed by atoms with E-state index in [1.54, 1.807) is 0 Å². The Morgan fingerprint density at radius 2 is 2.47 bits per heavy atom. The fourth-order valence-corrected chi connectivity index (χ4v) is 2.94. The van der Waals surface area contributed by atoms with Gasteiger partial charge in [0.15, 0.2) is 0 Å². The summed E-state index contributed by atoms with van der Waals surface area (Å²) in [4.78, 5) is 0. The zero-order chi connectivity index (χ0) is 10.7. The van der Waals surface area contributed by atoms with Crippen LogP contribution in [0.3, 0.4) is 0 Å². The SMILES string of the molecule is CC1CCCC(CNc2cc(N)ns2)C1. The van der Waals surface area contributed by atoms with Gasteiger partial charge in [-0.1, -0.05) is 19.8 Å². The Morgan fingerprint density at radius 1 is 1.60 bits per heavy atom. The highest BCUT2D eigenvalue weighted by Crippen LogP contribution is 2.29. The lowest BCUT2D eigenvalue weighted by molar-refractivity contribution is 0.293. The highest BCUT2D eigenvalue weighted by molar-refractivity contribution is 7.10. The van der Waals surface area contributed by atoms with Crippen molar-refractivity contribution in [1.82, 2.24) is 4.37 Å². The van der Waals surface area contributed by atoms with Crippen molar-refractivity contribution >= 4 is 22.4 Å². The molecule has 2 unspecified atom stereocenters. The zero-order valence-electron chi connectivity index (χ0n) is 9.20. The summed E-state index contributed by atoms with van der Waals surface area (Å²) in [5, 5.41) is 4.53. The molecule has 0 aliphatic heterocycles. The van der Waals surface area contributed by atoms with E-state index in [0.29, 0.717) is 5.82 Å². The Labute approximate surface area is 95.2 Å². The molecule has 0 saturated heterocycles. The molecule has 84 valence electrons. The number of nitrogens with zero attached hydrogens (tertiary/aromatic N) is 1. The van der Waals surface area contributed by atoms with Crippen LogP contribution in [0.4, 0.5) is 10.8 Å². The van der Waals surface area contributed by atoms with Crippen LogP contribution in [-0.2, 0) is 0 Å². The van der Waals surface area contributed by atoms with E-state index in [1.807, 2.05) is 6.07 Å². The van der Waals surface area contributed by atoms with Crippen LogP contribution < -0.4 is 11.1 Å². The van der Waals surface area contributed by atoms with Gasteiger partial charge in [-0.15, -0.1) is 0 Å².